The maximum Gasteiger partial charge on any atom is 0.407 e. The van der Waals surface area contributed by atoms with Crippen LogP contribution in [0.15, 0.2) is 36.7 Å². The molecule has 31 heavy (non-hydrogen) atoms. The second-order valence-electron chi connectivity index (χ2n) is 7.98. The summed E-state index contributed by atoms with van der Waals surface area (Å²) in [5.74, 6) is 0.771. The van der Waals surface area contributed by atoms with Crippen LogP contribution in [-0.4, -0.2) is 40.6 Å². The van der Waals surface area contributed by atoms with Gasteiger partial charge in [-0.25, -0.2) is 9.48 Å². The van der Waals surface area contributed by atoms with Gasteiger partial charge in [0, 0.05) is 42.1 Å². The second kappa shape index (κ2) is 8.55. The number of pyridine rings is 1. The number of nitrogens with one attached hydrogen (secondary N) is 1. The monoisotopic (exact) mass is 422 g/mol. The zero-order chi connectivity index (χ0) is 21.2. The van der Waals surface area contributed by atoms with Crippen molar-refractivity contribution in [1.29, 1.82) is 0 Å². The van der Waals surface area contributed by atoms with Gasteiger partial charge >= 0.3 is 6.09 Å². The number of aromatic nitrogens is 3. The number of benzene rings is 1. The molecule has 4 heterocycles. The number of alkyl carbamates (subject to hydrolysis) is 1. The summed E-state index contributed by atoms with van der Waals surface area (Å²) in [6.45, 7) is 3.56. The van der Waals surface area contributed by atoms with Crippen molar-refractivity contribution in [1.82, 2.24) is 20.1 Å². The van der Waals surface area contributed by atoms with Crippen molar-refractivity contribution < 1.29 is 19.0 Å². The lowest BCUT2D eigenvalue weighted by Gasteiger charge is -2.23. The van der Waals surface area contributed by atoms with Crippen LogP contribution in [0.2, 0.25) is 0 Å². The first-order chi connectivity index (χ1) is 15.2. The van der Waals surface area contributed by atoms with Crippen LogP contribution >= 0.6 is 0 Å². The summed E-state index contributed by atoms with van der Waals surface area (Å²) in [6, 6.07) is 8.01. The van der Waals surface area contributed by atoms with E-state index in [4.69, 9.17) is 19.3 Å². The lowest BCUT2D eigenvalue weighted by atomic mass is 10.1. The molecule has 2 atom stereocenters. The molecule has 1 amide bonds. The van der Waals surface area contributed by atoms with E-state index >= 15 is 0 Å². The molecule has 8 nitrogen and oxygen atoms in total. The van der Waals surface area contributed by atoms with Gasteiger partial charge in [0.25, 0.3) is 0 Å². The summed E-state index contributed by atoms with van der Waals surface area (Å²) >= 11 is 0. The Morgan fingerprint density at radius 1 is 1.13 bits per heavy atom. The second-order valence-corrected chi connectivity index (χ2v) is 7.98. The van der Waals surface area contributed by atoms with E-state index < -0.39 is 12.2 Å². The highest BCUT2D eigenvalue weighted by Gasteiger charge is 2.23. The molecule has 1 saturated heterocycles. The van der Waals surface area contributed by atoms with Crippen molar-refractivity contribution in [3.05, 3.63) is 42.2 Å². The average molecular weight is 422 g/mol. The van der Waals surface area contributed by atoms with E-state index in [9.17, 15) is 4.79 Å². The molecule has 1 N–H and O–H groups in total. The summed E-state index contributed by atoms with van der Waals surface area (Å²) < 4.78 is 19.4. The van der Waals surface area contributed by atoms with Crippen LogP contribution in [0.3, 0.4) is 0 Å². The number of carbonyl (C=O) groups excluding carboxylic acids is 1. The Morgan fingerprint density at radius 3 is 2.94 bits per heavy atom. The Kier molecular flexibility index (Phi) is 5.46. The molecular weight excluding hydrogens is 396 g/mol. The van der Waals surface area contributed by atoms with Gasteiger partial charge in [0.05, 0.1) is 12.1 Å². The molecule has 0 saturated carbocycles. The number of hydrogen-bond acceptors (Lipinski definition) is 6. The van der Waals surface area contributed by atoms with Crippen molar-refractivity contribution in [2.75, 3.05) is 19.8 Å². The van der Waals surface area contributed by atoms with Gasteiger partial charge in [0.15, 0.2) is 6.23 Å². The molecule has 0 spiro atoms. The minimum Gasteiger partial charge on any atom is -0.494 e. The van der Waals surface area contributed by atoms with Crippen molar-refractivity contribution in [3.63, 3.8) is 0 Å². The van der Waals surface area contributed by atoms with E-state index in [0.29, 0.717) is 19.6 Å². The number of hydrogen-bond donors (Lipinski definition) is 1. The van der Waals surface area contributed by atoms with Gasteiger partial charge in [-0.2, -0.15) is 5.10 Å². The molecule has 2 aromatic heterocycles. The van der Waals surface area contributed by atoms with Crippen LogP contribution in [0, 0.1) is 0 Å². The van der Waals surface area contributed by atoms with Crippen molar-refractivity contribution >= 4 is 17.0 Å². The van der Waals surface area contributed by atoms with Crippen LogP contribution in [0.1, 0.15) is 50.5 Å². The van der Waals surface area contributed by atoms with Gasteiger partial charge < -0.3 is 19.5 Å². The third-order valence-corrected chi connectivity index (χ3v) is 5.75. The van der Waals surface area contributed by atoms with E-state index in [0.717, 1.165) is 59.3 Å². The Morgan fingerprint density at radius 2 is 2.06 bits per heavy atom. The minimum atomic E-state index is -0.450. The first-order valence-electron chi connectivity index (χ1n) is 10.9. The first kappa shape index (κ1) is 19.8. The fourth-order valence-electron chi connectivity index (χ4n) is 4.09. The zero-order valence-corrected chi connectivity index (χ0v) is 17.5. The van der Waals surface area contributed by atoms with E-state index in [1.807, 2.05) is 35.9 Å². The van der Waals surface area contributed by atoms with E-state index in [2.05, 4.69) is 10.3 Å². The van der Waals surface area contributed by atoms with E-state index in [1.54, 1.807) is 12.4 Å². The molecule has 5 rings (SSSR count). The predicted molar refractivity (Wildman–Crippen MR) is 115 cm³/mol. The predicted octanol–water partition coefficient (Wildman–Crippen LogP) is 4.37. The summed E-state index contributed by atoms with van der Waals surface area (Å²) in [5.41, 5.74) is 3.49. The molecule has 8 heteroatoms. The smallest absolute Gasteiger partial charge is 0.407 e. The van der Waals surface area contributed by atoms with Crippen molar-refractivity contribution in [2.24, 2.45) is 0 Å². The number of ether oxygens (including phenoxy) is 3. The third kappa shape index (κ3) is 4.07. The van der Waals surface area contributed by atoms with Gasteiger partial charge in [-0.1, -0.05) is 0 Å². The largest absolute Gasteiger partial charge is 0.494 e. The molecule has 3 aromatic rings. The van der Waals surface area contributed by atoms with Gasteiger partial charge in [-0.15, -0.1) is 0 Å². The highest BCUT2D eigenvalue weighted by atomic mass is 16.6. The number of cyclic esters (lactones) is 1. The number of fused-ring (bicyclic) bond motifs is 4. The Labute approximate surface area is 180 Å². The van der Waals surface area contributed by atoms with Crippen LogP contribution in [0.4, 0.5) is 4.79 Å². The number of nitrogens with zero attached hydrogens (tertiary/aromatic N) is 3. The molecule has 0 radical (unpaired) electrons. The van der Waals surface area contributed by atoms with Crippen LogP contribution < -0.4 is 10.1 Å². The van der Waals surface area contributed by atoms with Gasteiger partial charge in [0.1, 0.15) is 17.5 Å². The highest BCUT2D eigenvalue weighted by Crippen LogP contribution is 2.35. The molecule has 4 bridgehead atoms. The van der Waals surface area contributed by atoms with Crippen LogP contribution in [0.5, 0.6) is 5.75 Å². The summed E-state index contributed by atoms with van der Waals surface area (Å²) in [5, 5.41) is 8.71. The topological polar surface area (TPSA) is 87.5 Å². The molecule has 0 aliphatic carbocycles. The van der Waals surface area contributed by atoms with Crippen LogP contribution in [-0.2, 0) is 9.47 Å². The molecule has 1 aromatic carbocycles. The van der Waals surface area contributed by atoms with Gasteiger partial charge in [-0.05, 0) is 56.9 Å². The van der Waals surface area contributed by atoms with Crippen molar-refractivity contribution in [2.45, 2.75) is 44.9 Å². The zero-order valence-electron chi connectivity index (χ0n) is 17.5. The molecule has 2 unspecified atom stereocenters. The summed E-state index contributed by atoms with van der Waals surface area (Å²) in [6.07, 6.45) is 6.37. The fourth-order valence-corrected chi connectivity index (χ4v) is 4.09. The normalized spacial score (nSPS) is 22.2. The highest BCUT2D eigenvalue weighted by molar-refractivity contribution is 5.94. The summed E-state index contributed by atoms with van der Waals surface area (Å²) in [7, 11) is 0. The lowest BCUT2D eigenvalue weighted by molar-refractivity contribution is -0.0365. The van der Waals surface area contributed by atoms with Gasteiger partial charge in [0.2, 0.25) is 0 Å². The Bertz CT molecular complexity index is 1090. The van der Waals surface area contributed by atoms with Crippen molar-refractivity contribution in [3.8, 4) is 17.0 Å². The molecule has 2 aliphatic rings. The maximum absolute atomic E-state index is 12.1. The number of amides is 1. The van der Waals surface area contributed by atoms with E-state index in [-0.39, 0.29) is 6.23 Å². The molecule has 162 valence electrons. The van der Waals surface area contributed by atoms with Crippen LogP contribution in [0.25, 0.3) is 22.2 Å². The number of carbonyl (C=O) groups is 1. The third-order valence-electron chi connectivity index (χ3n) is 5.75. The first-order valence-corrected chi connectivity index (χ1v) is 10.9. The minimum absolute atomic E-state index is 0.0792. The fraction of sp³-hybridized carbons (Fsp3) is 0.435. The van der Waals surface area contributed by atoms with Gasteiger partial charge in [-0.3, -0.25) is 4.98 Å². The summed E-state index contributed by atoms with van der Waals surface area (Å²) in [4.78, 5) is 16.5. The molecule has 1 fully saturated rings. The Balaban J connectivity index is 1.63. The quantitative estimate of drug-likeness (QED) is 0.627. The molecular formula is C23H26N4O4. The Hall–Kier alpha value is -3.13. The van der Waals surface area contributed by atoms with E-state index in [1.165, 1.54) is 0 Å². The SMILES string of the molecule is CC1OC(=O)NCCCOc2ccc3c(c2)c(nn3C2CCCCO2)-c2cncc1c2. The lowest BCUT2D eigenvalue weighted by Crippen LogP contribution is -2.27. The average Bonchev–Trinajstić information content (AvgIpc) is 3.18. The molecule has 2 aliphatic heterocycles. The standard InChI is InChI=1S/C23H26N4O4/c1-15-16-11-17(14-24-13-16)22-19-12-18(29-10-4-8-25-23(28)31-15)6-7-20(19)27(26-22)21-5-2-3-9-30-21/h6-7,11-15,21H,2-5,8-10H2,1H3,(H,25,28). The maximum atomic E-state index is 12.1. The number of rotatable bonds is 1.